The van der Waals surface area contributed by atoms with Crippen LogP contribution in [0.1, 0.15) is 22.8 Å². The molecule has 4 heteroatoms. The van der Waals surface area contributed by atoms with Gasteiger partial charge < -0.3 is 10.4 Å². The number of aryl methyl sites for hydroxylation is 1. The van der Waals surface area contributed by atoms with Crippen molar-refractivity contribution in [1.29, 1.82) is 0 Å². The van der Waals surface area contributed by atoms with Gasteiger partial charge >= 0.3 is 0 Å². The van der Waals surface area contributed by atoms with Crippen LogP contribution in [0.3, 0.4) is 0 Å². The van der Waals surface area contributed by atoms with Gasteiger partial charge in [0.2, 0.25) is 0 Å². The fraction of sp³-hybridized carbons (Fsp3) is 0.143. The highest BCUT2D eigenvalue weighted by atomic mass is 16.3. The van der Waals surface area contributed by atoms with E-state index in [0.717, 1.165) is 6.42 Å². The van der Waals surface area contributed by atoms with Crippen LogP contribution in [0.4, 0.5) is 5.69 Å². The Labute approximate surface area is 105 Å². The molecular weight excluding hydrogens is 228 g/mol. The zero-order chi connectivity index (χ0) is 13.0. The summed E-state index contributed by atoms with van der Waals surface area (Å²) in [7, 11) is 0. The summed E-state index contributed by atoms with van der Waals surface area (Å²) in [6, 6.07) is 9.08. The zero-order valence-electron chi connectivity index (χ0n) is 10.1. The zero-order valence-corrected chi connectivity index (χ0v) is 10.1. The molecule has 2 N–H and O–H groups in total. The number of anilines is 1. The second kappa shape index (κ2) is 5.31. The van der Waals surface area contributed by atoms with Crippen LogP contribution in [0.25, 0.3) is 0 Å². The van der Waals surface area contributed by atoms with Crippen LogP contribution in [-0.4, -0.2) is 16.0 Å². The number of benzene rings is 1. The van der Waals surface area contributed by atoms with Crippen molar-refractivity contribution >= 4 is 11.6 Å². The Bertz CT molecular complexity index is 550. The third-order valence-electron chi connectivity index (χ3n) is 2.66. The Morgan fingerprint density at radius 3 is 2.61 bits per heavy atom. The van der Waals surface area contributed by atoms with Gasteiger partial charge in [0.25, 0.3) is 5.91 Å². The van der Waals surface area contributed by atoms with Gasteiger partial charge in [-0.3, -0.25) is 9.78 Å². The number of aromatic hydroxyl groups is 1. The van der Waals surface area contributed by atoms with E-state index in [1.54, 1.807) is 0 Å². The summed E-state index contributed by atoms with van der Waals surface area (Å²) in [6.07, 6.45) is 3.67. The Kier molecular flexibility index (Phi) is 3.57. The molecule has 0 saturated carbocycles. The number of carbonyl (C=O) groups is 1. The molecule has 1 aromatic heterocycles. The van der Waals surface area contributed by atoms with Crippen molar-refractivity contribution in [3.63, 3.8) is 0 Å². The molecule has 18 heavy (non-hydrogen) atoms. The summed E-state index contributed by atoms with van der Waals surface area (Å²) < 4.78 is 0. The standard InChI is InChI=1S/C14H14N2O2/c1-2-10-3-5-11(6-4-10)16-14(18)12-7-8-15-9-13(12)17/h3-9,17H,2H2,1H3,(H,16,18). The number of aromatic nitrogens is 1. The summed E-state index contributed by atoms with van der Waals surface area (Å²) in [6.45, 7) is 2.07. The molecule has 0 bridgehead atoms. The molecule has 0 spiro atoms. The largest absolute Gasteiger partial charge is 0.505 e. The van der Waals surface area contributed by atoms with E-state index in [1.165, 1.54) is 24.0 Å². The van der Waals surface area contributed by atoms with Crippen molar-refractivity contribution in [1.82, 2.24) is 4.98 Å². The number of pyridine rings is 1. The number of nitrogens with one attached hydrogen (secondary N) is 1. The molecule has 1 heterocycles. The van der Waals surface area contributed by atoms with Crippen molar-refractivity contribution in [2.24, 2.45) is 0 Å². The maximum absolute atomic E-state index is 11.9. The fourth-order valence-electron chi connectivity index (χ4n) is 1.60. The van der Waals surface area contributed by atoms with Gasteiger partial charge in [0.1, 0.15) is 5.75 Å². The summed E-state index contributed by atoms with van der Waals surface area (Å²) in [4.78, 5) is 15.6. The topological polar surface area (TPSA) is 62.2 Å². The Morgan fingerprint density at radius 2 is 2.00 bits per heavy atom. The molecular formula is C14H14N2O2. The quantitative estimate of drug-likeness (QED) is 0.869. The molecule has 2 aromatic rings. The van der Waals surface area contributed by atoms with E-state index in [9.17, 15) is 9.90 Å². The minimum atomic E-state index is -0.348. The summed E-state index contributed by atoms with van der Waals surface area (Å²) in [5.74, 6) is -0.473. The molecule has 4 nitrogen and oxygen atoms in total. The number of rotatable bonds is 3. The fourth-order valence-corrected chi connectivity index (χ4v) is 1.60. The van der Waals surface area contributed by atoms with Crippen LogP contribution < -0.4 is 5.32 Å². The maximum Gasteiger partial charge on any atom is 0.259 e. The second-order valence-electron chi connectivity index (χ2n) is 3.90. The van der Waals surface area contributed by atoms with Crippen LogP contribution in [-0.2, 0) is 6.42 Å². The lowest BCUT2D eigenvalue weighted by atomic mass is 10.1. The number of hydrogen-bond acceptors (Lipinski definition) is 3. The maximum atomic E-state index is 11.9. The van der Waals surface area contributed by atoms with Crippen molar-refractivity contribution < 1.29 is 9.90 Å². The number of hydrogen-bond donors (Lipinski definition) is 2. The molecule has 0 aliphatic heterocycles. The van der Waals surface area contributed by atoms with E-state index in [0.29, 0.717) is 5.69 Å². The highest BCUT2D eigenvalue weighted by Crippen LogP contribution is 2.17. The van der Waals surface area contributed by atoms with Gasteiger partial charge in [-0.05, 0) is 30.2 Å². The average Bonchev–Trinajstić information content (AvgIpc) is 2.40. The predicted molar refractivity (Wildman–Crippen MR) is 69.7 cm³/mol. The summed E-state index contributed by atoms with van der Waals surface area (Å²) in [5.41, 5.74) is 2.12. The van der Waals surface area contributed by atoms with E-state index in [1.807, 2.05) is 24.3 Å². The van der Waals surface area contributed by atoms with Crippen LogP contribution in [0.5, 0.6) is 5.75 Å². The van der Waals surface area contributed by atoms with Gasteiger partial charge in [0, 0.05) is 11.9 Å². The SMILES string of the molecule is CCc1ccc(NC(=O)c2ccncc2O)cc1. The first-order chi connectivity index (χ1) is 8.70. The van der Waals surface area contributed by atoms with Crippen LogP contribution in [0.15, 0.2) is 42.7 Å². The van der Waals surface area contributed by atoms with Gasteiger partial charge in [-0.1, -0.05) is 19.1 Å². The molecule has 0 atom stereocenters. The van der Waals surface area contributed by atoms with Gasteiger partial charge in [-0.2, -0.15) is 0 Å². The minimum Gasteiger partial charge on any atom is -0.505 e. The first kappa shape index (κ1) is 12.1. The summed E-state index contributed by atoms with van der Waals surface area (Å²) >= 11 is 0. The lowest BCUT2D eigenvalue weighted by molar-refractivity contribution is 0.102. The number of amides is 1. The van der Waals surface area contributed by atoms with E-state index in [2.05, 4.69) is 17.2 Å². The van der Waals surface area contributed by atoms with Crippen LogP contribution in [0, 0.1) is 0 Å². The molecule has 0 fully saturated rings. The third kappa shape index (κ3) is 2.66. The molecule has 2 rings (SSSR count). The van der Waals surface area contributed by atoms with E-state index in [4.69, 9.17) is 0 Å². The van der Waals surface area contributed by atoms with Crippen molar-refractivity contribution in [2.45, 2.75) is 13.3 Å². The van der Waals surface area contributed by atoms with Crippen LogP contribution in [0.2, 0.25) is 0 Å². The number of carbonyl (C=O) groups excluding carboxylic acids is 1. The Balaban J connectivity index is 2.14. The number of nitrogens with zero attached hydrogens (tertiary/aromatic N) is 1. The molecule has 0 aliphatic carbocycles. The Morgan fingerprint density at radius 1 is 1.28 bits per heavy atom. The minimum absolute atomic E-state index is 0.125. The van der Waals surface area contributed by atoms with E-state index < -0.39 is 0 Å². The molecule has 0 saturated heterocycles. The lowest BCUT2D eigenvalue weighted by Crippen LogP contribution is -2.12. The monoisotopic (exact) mass is 242 g/mol. The first-order valence-corrected chi connectivity index (χ1v) is 5.74. The van der Waals surface area contributed by atoms with Crippen molar-refractivity contribution in [3.8, 4) is 5.75 Å². The Hall–Kier alpha value is -2.36. The third-order valence-corrected chi connectivity index (χ3v) is 2.66. The molecule has 1 amide bonds. The van der Waals surface area contributed by atoms with E-state index >= 15 is 0 Å². The van der Waals surface area contributed by atoms with Gasteiger partial charge in [0.05, 0.1) is 11.8 Å². The van der Waals surface area contributed by atoms with Crippen molar-refractivity contribution in [2.75, 3.05) is 5.32 Å². The highest BCUT2D eigenvalue weighted by molar-refractivity contribution is 6.05. The smallest absolute Gasteiger partial charge is 0.259 e. The van der Waals surface area contributed by atoms with Gasteiger partial charge in [-0.15, -0.1) is 0 Å². The predicted octanol–water partition coefficient (Wildman–Crippen LogP) is 2.60. The molecule has 0 aliphatic rings. The highest BCUT2D eigenvalue weighted by Gasteiger charge is 2.10. The lowest BCUT2D eigenvalue weighted by Gasteiger charge is -2.06. The first-order valence-electron chi connectivity index (χ1n) is 5.74. The molecule has 0 radical (unpaired) electrons. The summed E-state index contributed by atoms with van der Waals surface area (Å²) in [5, 5.41) is 12.2. The normalized spacial score (nSPS) is 10.1. The van der Waals surface area contributed by atoms with Crippen molar-refractivity contribution in [3.05, 3.63) is 53.9 Å². The molecule has 1 aromatic carbocycles. The van der Waals surface area contributed by atoms with E-state index in [-0.39, 0.29) is 17.2 Å². The molecule has 0 unspecified atom stereocenters. The second-order valence-corrected chi connectivity index (χ2v) is 3.90. The van der Waals surface area contributed by atoms with Gasteiger partial charge in [-0.25, -0.2) is 0 Å². The van der Waals surface area contributed by atoms with Gasteiger partial charge in [0.15, 0.2) is 0 Å². The molecule has 92 valence electrons. The average molecular weight is 242 g/mol. The van der Waals surface area contributed by atoms with Crippen LogP contribution >= 0.6 is 0 Å².